The third-order valence-electron chi connectivity index (χ3n) is 13.2. The zero-order chi connectivity index (χ0) is 42.5. The number of amides is 1. The summed E-state index contributed by atoms with van der Waals surface area (Å²) in [6, 6.07) is 16.6. The molecule has 0 bridgehead atoms. The van der Waals surface area contributed by atoms with Gasteiger partial charge in [-0.15, -0.1) is 6.58 Å². The largest absolute Gasteiger partial charge is 0.459 e. The fourth-order valence-corrected chi connectivity index (χ4v) is 10.00. The summed E-state index contributed by atoms with van der Waals surface area (Å²) < 4.78 is 38.2. The van der Waals surface area contributed by atoms with Gasteiger partial charge in [-0.1, -0.05) is 36.2 Å². The number of unbranched alkanes of at least 4 members (excludes halogenated alkanes) is 2. The Morgan fingerprint density at radius 1 is 0.934 bits per heavy atom. The molecule has 3 aromatic carbocycles. The van der Waals surface area contributed by atoms with E-state index in [1.165, 1.54) is 5.56 Å². The number of carbonyl (C=O) groups is 1. The van der Waals surface area contributed by atoms with Gasteiger partial charge in [0.05, 0.1) is 24.8 Å². The maximum Gasteiger partial charge on any atom is 0.254 e. The highest BCUT2D eigenvalue weighted by molar-refractivity contribution is 6.03. The molecule has 3 heterocycles. The molecule has 7 atom stereocenters. The summed E-state index contributed by atoms with van der Waals surface area (Å²) in [6.07, 6.45) is 11.2. The second-order valence-corrected chi connectivity index (χ2v) is 17.0. The van der Waals surface area contributed by atoms with Gasteiger partial charge in [-0.25, -0.2) is 0 Å². The first-order chi connectivity index (χ1) is 29.7. The highest BCUT2D eigenvalue weighted by Gasteiger charge is 2.65. The quantitative estimate of drug-likeness (QED) is 0.0772. The highest BCUT2D eigenvalue weighted by Crippen LogP contribution is 2.62. The minimum atomic E-state index is -1.39. The molecular weight excluding hydrogens is 777 g/mol. The van der Waals surface area contributed by atoms with Crippen LogP contribution in [0.2, 0.25) is 0 Å². The second-order valence-electron chi connectivity index (χ2n) is 17.0. The van der Waals surface area contributed by atoms with Crippen molar-refractivity contribution in [1.82, 2.24) is 4.90 Å². The Bertz CT molecular complexity index is 2110. The number of nitrogens with zero attached hydrogens (tertiary/aromatic N) is 2. The number of allylic oxidation sites excluding steroid dienone is 1. The van der Waals surface area contributed by atoms with Crippen LogP contribution in [-0.2, 0) is 14.3 Å². The molecule has 326 valence electrons. The number of benzene rings is 3. The number of rotatable bonds is 17. The van der Waals surface area contributed by atoms with E-state index in [0.29, 0.717) is 53.7 Å². The molecule has 3 aliphatic heterocycles. The van der Waals surface area contributed by atoms with Crippen molar-refractivity contribution in [3.63, 3.8) is 0 Å². The first kappa shape index (κ1) is 42.8. The maximum atomic E-state index is 14.8. The van der Waals surface area contributed by atoms with Gasteiger partial charge in [0, 0.05) is 50.1 Å². The van der Waals surface area contributed by atoms with Crippen molar-refractivity contribution in [1.29, 1.82) is 0 Å². The van der Waals surface area contributed by atoms with Gasteiger partial charge in [0.15, 0.2) is 11.5 Å². The summed E-state index contributed by atoms with van der Waals surface area (Å²) in [5, 5.41) is 24.8. The number of aliphatic hydroxyl groups excluding tert-OH is 2. The van der Waals surface area contributed by atoms with Crippen LogP contribution in [0.3, 0.4) is 0 Å². The Balaban J connectivity index is 1.30. The number of likely N-dealkylation sites (N-methyl/N-ethyl adjacent to an activating group) is 1. The average Bonchev–Trinajstić information content (AvgIpc) is 3.76. The predicted octanol–water partition coefficient (Wildman–Crippen LogP) is 8.76. The van der Waals surface area contributed by atoms with Gasteiger partial charge in [0.25, 0.3) is 5.91 Å². The molecule has 2 N–H and O–H groups in total. The number of aryl methyl sites for hydroxylation is 2. The van der Waals surface area contributed by atoms with E-state index in [2.05, 4.69) is 38.6 Å². The lowest BCUT2D eigenvalue weighted by molar-refractivity contribution is -0.252. The summed E-state index contributed by atoms with van der Waals surface area (Å²) in [6.45, 7) is 9.28. The van der Waals surface area contributed by atoms with E-state index in [9.17, 15) is 15.0 Å². The monoisotopic (exact) mass is 836 g/mol. The standard InChI is InChI=1S/C49H60N2O10/c1-5-23-58-49-44(51(4)48(54)34-16-19-42-43(27-34)57-30-56-42)29-40(50-61-45-14-8-11-24-55-45)38-26-33(12-6-9-21-52)37(13-7-10-22-53)46(47(38)49)39-28-36(18-20-41(39)60-49)59-35-17-15-31(2)32(3)25-35/h5,15-20,25-28,33,37,44-47,52-53H,1,6-14,21-24,29-30H2,2-4H3. The zero-order valence-electron chi connectivity index (χ0n) is 35.7. The molecule has 0 radical (unpaired) electrons. The minimum Gasteiger partial charge on any atom is -0.459 e. The van der Waals surface area contributed by atoms with Crippen LogP contribution in [0.4, 0.5) is 0 Å². The van der Waals surface area contributed by atoms with E-state index < -0.39 is 24.0 Å². The Kier molecular flexibility index (Phi) is 13.3. The van der Waals surface area contributed by atoms with Gasteiger partial charge < -0.3 is 48.4 Å². The number of hydrogen-bond donors (Lipinski definition) is 2. The van der Waals surface area contributed by atoms with Crippen LogP contribution in [-0.4, -0.2) is 85.1 Å². The lowest BCUT2D eigenvalue weighted by Gasteiger charge is -2.59. The van der Waals surface area contributed by atoms with Gasteiger partial charge >= 0.3 is 0 Å². The molecule has 2 fully saturated rings. The number of ether oxygens (including phenoxy) is 6. The summed E-state index contributed by atoms with van der Waals surface area (Å²) in [5.41, 5.74) is 5.42. The van der Waals surface area contributed by atoms with Crippen molar-refractivity contribution in [2.45, 2.75) is 102 Å². The SMILES string of the molecule is C=CCOC12Oc3ccc(Oc4ccc(C)c(C)c4)cc3C3C(CCCCO)C(CCCCO)C=C(C(=NOC4CCCCO4)CC1N(C)C(=O)c1ccc4c(c1)OCO4)C32. The first-order valence-electron chi connectivity index (χ1n) is 22.0. The van der Waals surface area contributed by atoms with Crippen LogP contribution in [0, 0.1) is 31.6 Å². The van der Waals surface area contributed by atoms with Crippen molar-refractivity contribution in [3.05, 3.63) is 101 Å². The van der Waals surface area contributed by atoms with Crippen molar-refractivity contribution in [3.8, 4) is 28.7 Å². The van der Waals surface area contributed by atoms with Crippen LogP contribution < -0.4 is 18.9 Å². The van der Waals surface area contributed by atoms with Crippen LogP contribution in [0.25, 0.3) is 0 Å². The van der Waals surface area contributed by atoms with Crippen molar-refractivity contribution in [2.24, 2.45) is 22.9 Å². The maximum absolute atomic E-state index is 14.8. The fourth-order valence-electron chi connectivity index (χ4n) is 10.00. The van der Waals surface area contributed by atoms with Crippen LogP contribution in [0.15, 0.2) is 84.1 Å². The normalized spacial score (nSPS) is 26.7. The van der Waals surface area contributed by atoms with Gasteiger partial charge in [-0.05, 0) is 129 Å². The van der Waals surface area contributed by atoms with Crippen molar-refractivity contribution >= 4 is 11.6 Å². The van der Waals surface area contributed by atoms with E-state index in [0.717, 1.165) is 67.4 Å². The van der Waals surface area contributed by atoms with Crippen molar-refractivity contribution < 1.29 is 48.3 Å². The topological polar surface area (TPSA) is 138 Å². The molecule has 61 heavy (non-hydrogen) atoms. The first-order valence-corrected chi connectivity index (χ1v) is 22.0. The molecule has 2 aliphatic carbocycles. The summed E-state index contributed by atoms with van der Waals surface area (Å²) >= 11 is 0. The molecule has 8 rings (SSSR count). The van der Waals surface area contributed by atoms with E-state index >= 15 is 0 Å². The Morgan fingerprint density at radius 2 is 1.70 bits per heavy atom. The molecule has 5 aliphatic rings. The Hall–Kier alpha value is -4.88. The summed E-state index contributed by atoms with van der Waals surface area (Å²) in [5.74, 6) is 1.07. The number of oxime groups is 1. The molecule has 0 spiro atoms. The molecular formula is C49H60N2O10. The van der Waals surface area contributed by atoms with Crippen LogP contribution >= 0.6 is 0 Å². The predicted molar refractivity (Wildman–Crippen MR) is 230 cm³/mol. The Labute approximate surface area is 359 Å². The van der Waals surface area contributed by atoms with Gasteiger partial charge in [0.1, 0.15) is 23.3 Å². The smallest absolute Gasteiger partial charge is 0.254 e. The molecule has 1 amide bonds. The number of carbonyl (C=O) groups excluding carboxylic acids is 1. The minimum absolute atomic E-state index is 0.0719. The van der Waals surface area contributed by atoms with E-state index in [-0.39, 0.29) is 56.7 Å². The molecule has 12 heteroatoms. The number of fused-ring (bicyclic) bond motifs is 3. The summed E-state index contributed by atoms with van der Waals surface area (Å²) in [4.78, 5) is 22.7. The number of hydrogen-bond acceptors (Lipinski definition) is 11. The van der Waals surface area contributed by atoms with E-state index in [1.807, 2.05) is 24.3 Å². The number of aliphatic hydroxyl groups is 2. The zero-order valence-corrected chi connectivity index (χ0v) is 35.7. The fraction of sp³-hybridized carbons (Fsp3) is 0.510. The summed E-state index contributed by atoms with van der Waals surface area (Å²) in [7, 11) is 1.79. The Morgan fingerprint density at radius 3 is 2.48 bits per heavy atom. The third kappa shape index (κ3) is 8.78. The molecule has 3 aromatic rings. The van der Waals surface area contributed by atoms with Crippen molar-refractivity contribution in [2.75, 3.05) is 40.3 Å². The highest BCUT2D eigenvalue weighted by atomic mass is 16.8. The molecule has 1 saturated carbocycles. The second kappa shape index (κ2) is 19.0. The lowest BCUT2D eigenvalue weighted by atomic mass is 9.55. The third-order valence-corrected chi connectivity index (χ3v) is 13.2. The molecule has 12 nitrogen and oxygen atoms in total. The van der Waals surface area contributed by atoms with E-state index in [4.69, 9.17) is 38.4 Å². The molecule has 7 unspecified atom stereocenters. The lowest BCUT2D eigenvalue weighted by Crippen LogP contribution is -2.69. The molecule has 1 saturated heterocycles. The van der Waals surface area contributed by atoms with Crippen LogP contribution in [0.5, 0.6) is 28.7 Å². The van der Waals surface area contributed by atoms with Gasteiger partial charge in [-0.2, -0.15) is 0 Å². The van der Waals surface area contributed by atoms with Gasteiger partial charge in [0.2, 0.25) is 18.9 Å². The molecule has 0 aromatic heterocycles. The average molecular weight is 837 g/mol. The van der Waals surface area contributed by atoms with E-state index in [1.54, 1.807) is 36.2 Å². The van der Waals surface area contributed by atoms with Gasteiger partial charge in [-0.3, -0.25) is 4.79 Å². The van der Waals surface area contributed by atoms with Crippen LogP contribution in [0.1, 0.15) is 97.2 Å².